The zero-order chi connectivity index (χ0) is 54.5. The van der Waals surface area contributed by atoms with Crippen LogP contribution in [-0.4, -0.2) is 142 Å². The highest BCUT2D eigenvalue weighted by Gasteiger charge is 2.54. The normalized spacial score (nSPS) is 22.2. The van der Waals surface area contributed by atoms with Crippen molar-refractivity contribution >= 4 is 45.3 Å². The summed E-state index contributed by atoms with van der Waals surface area (Å²) in [6, 6.07) is -1.39. The Hall–Kier alpha value is -2.30. The van der Waals surface area contributed by atoms with Crippen molar-refractivity contribution in [2.24, 2.45) is 5.73 Å². The average molecular weight is 1100 g/mol. The molecule has 424 valence electrons. The molecule has 73 heavy (non-hydrogen) atoms. The fourth-order valence-corrected chi connectivity index (χ4v) is 10.3. The number of phosphoric acid groups is 2. The third kappa shape index (κ3) is 34.2. The highest BCUT2D eigenvalue weighted by atomic mass is 32.2. The van der Waals surface area contributed by atoms with E-state index in [0.29, 0.717) is 6.42 Å². The van der Waals surface area contributed by atoms with Gasteiger partial charge in [0.15, 0.2) is 6.10 Å². The summed E-state index contributed by atoms with van der Waals surface area (Å²) in [6.07, 6.45) is 20.8. The minimum Gasteiger partial charge on any atom is -0.481 e. The van der Waals surface area contributed by atoms with E-state index < -0.39 is 107 Å². The molecule has 0 aliphatic heterocycles. The molecule has 0 radical (unpaired) electrons. The Kier molecular flexibility index (Phi) is 38.5. The molecule has 1 fully saturated rings. The van der Waals surface area contributed by atoms with Crippen LogP contribution in [0.15, 0.2) is 48.6 Å². The Morgan fingerprint density at radius 2 is 1.18 bits per heavy atom. The number of esters is 2. The number of carbonyl (C=O) groups excluding carboxylic acids is 2. The number of carboxylic acids is 1. The van der Waals surface area contributed by atoms with Gasteiger partial charge in [-0.05, 0) is 38.5 Å². The van der Waals surface area contributed by atoms with E-state index in [1.165, 1.54) is 64.2 Å². The van der Waals surface area contributed by atoms with Gasteiger partial charge in [0.1, 0.15) is 49.3 Å². The lowest BCUT2D eigenvalue weighted by atomic mass is 9.85. The highest BCUT2D eigenvalue weighted by molar-refractivity contribution is 8.00. The molecule has 1 saturated carbocycles. The Morgan fingerprint density at radius 3 is 1.74 bits per heavy atom. The predicted molar refractivity (Wildman–Crippen MR) is 279 cm³/mol. The molecule has 1 aliphatic carbocycles. The minimum atomic E-state index is -5.52. The second-order valence-corrected chi connectivity index (χ2v) is 22.3. The average Bonchev–Trinajstić information content (AvgIpc) is 3.33. The van der Waals surface area contributed by atoms with Crippen LogP contribution in [0.3, 0.4) is 0 Å². The molecule has 1 rings (SSSR count). The summed E-state index contributed by atoms with van der Waals surface area (Å²) in [6.45, 7) is 2.64. The summed E-state index contributed by atoms with van der Waals surface area (Å²) < 4.78 is 50.0. The highest BCUT2D eigenvalue weighted by Crippen LogP contribution is 2.50. The first-order valence-corrected chi connectivity index (χ1v) is 30.2. The van der Waals surface area contributed by atoms with Crippen molar-refractivity contribution < 1.29 is 91.9 Å². The van der Waals surface area contributed by atoms with Gasteiger partial charge in [-0.3, -0.25) is 28.0 Å². The zero-order valence-corrected chi connectivity index (χ0v) is 45.6. The van der Waals surface area contributed by atoms with Gasteiger partial charge in [0.2, 0.25) is 0 Å². The molecule has 0 saturated heterocycles. The summed E-state index contributed by atoms with van der Waals surface area (Å²) in [5, 5.41) is 60.6. The van der Waals surface area contributed by atoms with E-state index in [1.54, 1.807) is 24.3 Å². The molecule has 11 atom stereocenters. The van der Waals surface area contributed by atoms with Crippen LogP contribution in [0.1, 0.15) is 168 Å². The van der Waals surface area contributed by atoms with Gasteiger partial charge in [-0.1, -0.05) is 165 Å². The molecule has 0 aromatic heterocycles. The number of phosphoric ester groups is 2. The number of hydrogen-bond acceptors (Lipinski definition) is 17. The molecule has 0 spiro atoms. The molecular formula is C50H89NO19P2S. The van der Waals surface area contributed by atoms with Crippen LogP contribution < -0.4 is 5.73 Å². The van der Waals surface area contributed by atoms with Crippen LogP contribution >= 0.6 is 27.4 Å². The van der Waals surface area contributed by atoms with Crippen molar-refractivity contribution in [3.05, 3.63) is 48.6 Å². The molecule has 0 heterocycles. The third-order valence-electron chi connectivity index (χ3n) is 11.9. The summed E-state index contributed by atoms with van der Waals surface area (Å²) in [5.74, 6) is -2.93. The van der Waals surface area contributed by atoms with Gasteiger partial charge in [0.05, 0.1) is 12.7 Å². The summed E-state index contributed by atoms with van der Waals surface area (Å²) in [5.41, 5.74) is 6.21. The van der Waals surface area contributed by atoms with E-state index in [-0.39, 0.29) is 31.4 Å². The molecular weight excluding hydrogens is 1010 g/mol. The van der Waals surface area contributed by atoms with Crippen LogP contribution in [-0.2, 0) is 46.6 Å². The maximum Gasteiger partial charge on any atom is 0.472 e. The van der Waals surface area contributed by atoms with Crippen molar-refractivity contribution in [1.82, 2.24) is 0 Å². The van der Waals surface area contributed by atoms with Gasteiger partial charge < -0.3 is 60.5 Å². The first-order chi connectivity index (χ1) is 34.7. The van der Waals surface area contributed by atoms with Crippen LogP contribution in [0, 0.1) is 0 Å². The number of nitrogens with two attached hydrogens (primary N) is 1. The van der Waals surface area contributed by atoms with E-state index >= 15 is 0 Å². The zero-order valence-electron chi connectivity index (χ0n) is 43.0. The molecule has 20 nitrogen and oxygen atoms in total. The van der Waals surface area contributed by atoms with E-state index in [1.807, 2.05) is 12.2 Å². The first kappa shape index (κ1) is 68.7. The SMILES string of the molecule is CCCCC/C=C\C\C=C/C=C/C=C/[C@@H](SC[C@H](N)C(=O)O[C@H](COC(=O)CCCCCCCCCCCCCCCCC)COP(=O)(O)O[C@H]1[C@H](O)[C@@H](O)[C@H](O)[C@@H](O)[C@H]1OP(=O)(O)O)[C@@H](O)CCCC(=O)O. The Balaban J connectivity index is 3.00. The largest absolute Gasteiger partial charge is 0.481 e. The maximum absolute atomic E-state index is 13.4. The number of carbonyl (C=O) groups is 3. The van der Waals surface area contributed by atoms with E-state index in [4.69, 9.17) is 29.4 Å². The van der Waals surface area contributed by atoms with E-state index in [2.05, 4.69) is 30.5 Å². The van der Waals surface area contributed by atoms with Gasteiger partial charge >= 0.3 is 33.6 Å². The fraction of sp³-hybridized carbons (Fsp3) is 0.780. The predicted octanol–water partition coefficient (Wildman–Crippen LogP) is 7.38. The second kappa shape index (κ2) is 40.9. The Labute approximate surface area is 437 Å². The number of unbranched alkanes of at least 4 members (excludes halogenated alkanes) is 17. The van der Waals surface area contributed by atoms with Gasteiger partial charge in [-0.25, -0.2) is 9.13 Å². The summed E-state index contributed by atoms with van der Waals surface area (Å²) >= 11 is 1.08. The first-order valence-electron chi connectivity index (χ1n) is 26.1. The van der Waals surface area contributed by atoms with Crippen molar-refractivity contribution in [3.8, 4) is 0 Å². The minimum absolute atomic E-state index is 0.0142. The lowest BCUT2D eigenvalue weighted by Gasteiger charge is -2.43. The fourth-order valence-electron chi connectivity index (χ4n) is 7.68. The molecule has 0 aromatic carbocycles. The maximum atomic E-state index is 13.4. The summed E-state index contributed by atoms with van der Waals surface area (Å²) in [4.78, 5) is 66.7. The summed E-state index contributed by atoms with van der Waals surface area (Å²) in [7, 11) is -11.0. The topological polar surface area (TPSA) is 340 Å². The Morgan fingerprint density at radius 1 is 0.644 bits per heavy atom. The van der Waals surface area contributed by atoms with Gasteiger partial charge in [-0.2, -0.15) is 0 Å². The number of ether oxygens (including phenoxy) is 2. The van der Waals surface area contributed by atoms with Crippen molar-refractivity contribution in [2.75, 3.05) is 19.0 Å². The lowest BCUT2D eigenvalue weighted by Crippen LogP contribution is -2.64. The van der Waals surface area contributed by atoms with Gasteiger partial charge in [0.25, 0.3) is 0 Å². The number of thioether (sulfide) groups is 1. The number of aliphatic hydroxyl groups excluding tert-OH is 5. The van der Waals surface area contributed by atoms with Gasteiger partial charge in [0, 0.05) is 23.8 Å². The Bertz CT molecular complexity index is 1720. The molecule has 0 amide bonds. The smallest absolute Gasteiger partial charge is 0.472 e. The number of rotatable bonds is 44. The second-order valence-electron chi connectivity index (χ2n) is 18.5. The van der Waals surface area contributed by atoms with Crippen molar-refractivity contribution in [1.29, 1.82) is 0 Å². The van der Waals surface area contributed by atoms with Crippen molar-refractivity contribution in [3.63, 3.8) is 0 Å². The van der Waals surface area contributed by atoms with Crippen molar-refractivity contribution in [2.45, 2.75) is 228 Å². The van der Waals surface area contributed by atoms with Gasteiger partial charge in [-0.15, -0.1) is 11.8 Å². The van der Waals surface area contributed by atoms with E-state index in [9.17, 15) is 63.7 Å². The molecule has 1 unspecified atom stereocenters. The van der Waals surface area contributed by atoms with Crippen LogP contribution in [0.2, 0.25) is 0 Å². The number of aliphatic carboxylic acids is 1. The quantitative estimate of drug-likeness (QED) is 0.00935. The standard InChI is InChI=1S/C50H89NO19P2S/c1-3-5-7-9-11-13-15-17-18-19-21-23-25-27-29-34-43(55)66-35-38(36-67-72(64,65)70-49-47(59)45(57)44(56)46(58)48(49)69-71(61,62)63)68-50(60)39(51)37-73-41(40(52)31-30-33-42(53)54)32-28-26-24-22-20-16-14-12-10-8-6-4-2/h12,14,20,22,24,26,28,32,38-41,44-49,52,56-59H,3-11,13,15-19,21,23,25,27,29-31,33-37,51H2,1-2H3,(H,53,54)(H,64,65)(H2,61,62,63)/b14-12-,22-20-,26-24+,32-28+/t38-,39+,40+,41-,44+,45+,46-,47-,48-,49+/m1/s1. The number of carboxylic acid groups (broad SMARTS) is 1. The monoisotopic (exact) mass is 1100 g/mol. The number of aliphatic hydroxyl groups is 5. The van der Waals surface area contributed by atoms with Crippen LogP contribution in [0.25, 0.3) is 0 Å². The lowest BCUT2D eigenvalue weighted by molar-refractivity contribution is -0.216. The number of hydrogen-bond donors (Lipinski definition) is 10. The molecule has 23 heteroatoms. The molecule has 1 aliphatic rings. The van der Waals surface area contributed by atoms with Crippen LogP contribution in [0.5, 0.6) is 0 Å². The molecule has 11 N–H and O–H groups in total. The van der Waals surface area contributed by atoms with Crippen LogP contribution in [0.4, 0.5) is 0 Å². The third-order valence-corrected chi connectivity index (χ3v) is 14.8. The molecule has 0 bridgehead atoms. The van der Waals surface area contributed by atoms with E-state index in [0.717, 1.165) is 69.5 Å². The molecule has 0 aromatic rings. The number of allylic oxidation sites excluding steroid dienone is 7.